The highest BCUT2D eigenvalue weighted by molar-refractivity contribution is 7.89. The second-order valence-corrected chi connectivity index (χ2v) is 7.98. The molecule has 1 heterocycles. The molecular formula is C15H24N2O3S. The van der Waals surface area contributed by atoms with Crippen LogP contribution in [0.25, 0.3) is 0 Å². The van der Waals surface area contributed by atoms with Gasteiger partial charge in [-0.2, -0.15) is 4.31 Å². The van der Waals surface area contributed by atoms with Crippen molar-refractivity contribution in [3.8, 4) is 0 Å². The maximum atomic E-state index is 12.9. The first kappa shape index (κ1) is 16.3. The van der Waals surface area contributed by atoms with Crippen molar-refractivity contribution in [2.24, 2.45) is 0 Å². The number of nitrogen functional groups attached to an aromatic ring is 1. The molecule has 1 aliphatic heterocycles. The number of nitrogens with two attached hydrogens (primary N) is 1. The molecule has 1 saturated heterocycles. The van der Waals surface area contributed by atoms with Gasteiger partial charge in [0.15, 0.2) is 0 Å². The molecule has 1 aromatic carbocycles. The summed E-state index contributed by atoms with van der Waals surface area (Å²) < 4.78 is 32.7. The van der Waals surface area contributed by atoms with Crippen LogP contribution in [0.15, 0.2) is 17.0 Å². The van der Waals surface area contributed by atoms with Gasteiger partial charge < -0.3 is 10.5 Å². The Kier molecular flexibility index (Phi) is 4.33. The van der Waals surface area contributed by atoms with E-state index in [2.05, 4.69) is 0 Å². The van der Waals surface area contributed by atoms with E-state index in [4.69, 9.17) is 10.5 Å². The maximum Gasteiger partial charge on any atom is 0.245 e. The standard InChI is InChI=1S/C15H24N2O3S/c1-11-8-13(16)14(9-12(11)2)21(18,19)17-7-5-6-15(3,10-17)20-4/h8-9H,5-7,10,16H2,1-4H3. The van der Waals surface area contributed by atoms with Crippen LogP contribution in [0.1, 0.15) is 30.9 Å². The molecule has 21 heavy (non-hydrogen) atoms. The molecule has 0 aromatic heterocycles. The number of anilines is 1. The summed E-state index contributed by atoms with van der Waals surface area (Å²) in [6.45, 7) is 6.62. The van der Waals surface area contributed by atoms with Crippen LogP contribution in [0.4, 0.5) is 5.69 Å². The van der Waals surface area contributed by atoms with Gasteiger partial charge in [0.1, 0.15) is 4.90 Å². The van der Waals surface area contributed by atoms with Gasteiger partial charge in [0.05, 0.1) is 11.3 Å². The van der Waals surface area contributed by atoms with Crippen molar-refractivity contribution in [3.63, 3.8) is 0 Å². The fraction of sp³-hybridized carbons (Fsp3) is 0.600. The SMILES string of the molecule is COC1(C)CCCN(S(=O)(=O)c2cc(C)c(C)cc2N)C1. The smallest absolute Gasteiger partial charge is 0.245 e. The zero-order valence-corrected chi connectivity index (χ0v) is 14.0. The number of sulfonamides is 1. The van der Waals surface area contributed by atoms with Gasteiger partial charge in [-0.1, -0.05) is 0 Å². The third-order valence-electron chi connectivity index (χ3n) is 4.36. The Morgan fingerprint density at radius 2 is 1.90 bits per heavy atom. The van der Waals surface area contributed by atoms with E-state index in [1.165, 1.54) is 4.31 Å². The largest absolute Gasteiger partial charge is 0.398 e. The zero-order chi connectivity index (χ0) is 15.8. The predicted octanol–water partition coefficient (Wildman–Crippen LogP) is 2.08. The van der Waals surface area contributed by atoms with Gasteiger partial charge in [0, 0.05) is 20.2 Å². The Morgan fingerprint density at radius 3 is 2.52 bits per heavy atom. The number of piperidine rings is 1. The fourth-order valence-electron chi connectivity index (χ4n) is 2.71. The van der Waals surface area contributed by atoms with E-state index in [1.807, 2.05) is 20.8 Å². The highest BCUT2D eigenvalue weighted by Crippen LogP contribution is 2.31. The minimum Gasteiger partial charge on any atom is -0.398 e. The van der Waals surface area contributed by atoms with Crippen molar-refractivity contribution in [1.29, 1.82) is 0 Å². The van der Waals surface area contributed by atoms with Crippen LogP contribution < -0.4 is 5.73 Å². The van der Waals surface area contributed by atoms with Crippen molar-refractivity contribution < 1.29 is 13.2 Å². The van der Waals surface area contributed by atoms with E-state index in [0.29, 0.717) is 18.8 Å². The first-order chi connectivity index (χ1) is 9.69. The molecule has 0 radical (unpaired) electrons. The quantitative estimate of drug-likeness (QED) is 0.867. The van der Waals surface area contributed by atoms with E-state index in [-0.39, 0.29) is 4.90 Å². The monoisotopic (exact) mass is 312 g/mol. The number of nitrogens with zero attached hydrogens (tertiary/aromatic N) is 1. The topological polar surface area (TPSA) is 72.6 Å². The number of benzene rings is 1. The Balaban J connectivity index is 2.41. The van der Waals surface area contributed by atoms with Crippen molar-refractivity contribution in [2.75, 3.05) is 25.9 Å². The Hall–Kier alpha value is -1.11. The number of hydrogen-bond donors (Lipinski definition) is 1. The summed E-state index contributed by atoms with van der Waals surface area (Å²) in [6, 6.07) is 3.39. The lowest BCUT2D eigenvalue weighted by molar-refractivity contribution is -0.0319. The molecule has 1 atom stereocenters. The Bertz CT molecular complexity index is 643. The number of methoxy groups -OCH3 is 1. The normalized spacial score (nSPS) is 24.2. The molecule has 2 N–H and O–H groups in total. The fourth-order valence-corrected chi connectivity index (χ4v) is 4.48. The lowest BCUT2D eigenvalue weighted by Gasteiger charge is -2.38. The summed E-state index contributed by atoms with van der Waals surface area (Å²) in [4.78, 5) is 0.200. The average molecular weight is 312 g/mol. The molecule has 0 saturated carbocycles. The molecule has 1 fully saturated rings. The van der Waals surface area contributed by atoms with Crippen LogP contribution in [-0.2, 0) is 14.8 Å². The van der Waals surface area contributed by atoms with E-state index < -0.39 is 15.6 Å². The summed E-state index contributed by atoms with van der Waals surface area (Å²) in [7, 11) is -1.96. The first-order valence-corrected chi connectivity index (χ1v) is 8.56. The number of rotatable bonds is 3. The lowest BCUT2D eigenvalue weighted by Crippen LogP contribution is -2.49. The van der Waals surface area contributed by atoms with Gasteiger partial charge in [-0.15, -0.1) is 0 Å². The van der Waals surface area contributed by atoms with Crippen molar-refractivity contribution in [1.82, 2.24) is 4.31 Å². The molecular weight excluding hydrogens is 288 g/mol. The van der Waals surface area contributed by atoms with Gasteiger partial charge in [-0.25, -0.2) is 8.42 Å². The van der Waals surface area contributed by atoms with Crippen LogP contribution in [0.2, 0.25) is 0 Å². The van der Waals surface area contributed by atoms with Gasteiger partial charge in [0.2, 0.25) is 10.0 Å². The summed E-state index contributed by atoms with van der Waals surface area (Å²) in [5, 5.41) is 0. The van der Waals surface area contributed by atoms with Gasteiger partial charge in [-0.05, 0) is 56.9 Å². The summed E-state index contributed by atoms with van der Waals surface area (Å²) in [5.74, 6) is 0. The molecule has 1 aliphatic rings. The van der Waals surface area contributed by atoms with Crippen molar-refractivity contribution in [3.05, 3.63) is 23.3 Å². The molecule has 0 spiro atoms. The molecule has 6 heteroatoms. The van der Waals surface area contributed by atoms with Crippen LogP contribution in [0.3, 0.4) is 0 Å². The maximum absolute atomic E-state index is 12.9. The highest BCUT2D eigenvalue weighted by atomic mass is 32.2. The minimum absolute atomic E-state index is 0.200. The third-order valence-corrected chi connectivity index (χ3v) is 6.26. The van der Waals surface area contributed by atoms with Crippen LogP contribution >= 0.6 is 0 Å². The third kappa shape index (κ3) is 3.07. The van der Waals surface area contributed by atoms with E-state index in [1.54, 1.807) is 19.2 Å². The molecule has 118 valence electrons. The van der Waals surface area contributed by atoms with Gasteiger partial charge >= 0.3 is 0 Å². The van der Waals surface area contributed by atoms with Gasteiger partial charge in [0.25, 0.3) is 0 Å². The molecule has 2 rings (SSSR count). The number of aryl methyl sites for hydroxylation is 2. The van der Waals surface area contributed by atoms with Crippen LogP contribution in [0.5, 0.6) is 0 Å². The summed E-state index contributed by atoms with van der Waals surface area (Å²) in [5.41, 5.74) is 7.74. The number of ether oxygens (including phenoxy) is 1. The van der Waals surface area contributed by atoms with Crippen LogP contribution in [0, 0.1) is 13.8 Å². The average Bonchev–Trinajstić information content (AvgIpc) is 2.42. The summed E-state index contributed by atoms with van der Waals surface area (Å²) in [6.07, 6.45) is 1.65. The minimum atomic E-state index is -3.58. The second-order valence-electron chi connectivity index (χ2n) is 6.07. The predicted molar refractivity (Wildman–Crippen MR) is 83.7 cm³/mol. The number of hydrogen-bond acceptors (Lipinski definition) is 4. The molecule has 1 aromatic rings. The highest BCUT2D eigenvalue weighted by Gasteiger charge is 2.37. The Morgan fingerprint density at radius 1 is 1.29 bits per heavy atom. The molecule has 0 bridgehead atoms. The Labute approximate surface area is 127 Å². The van der Waals surface area contributed by atoms with Crippen molar-refractivity contribution in [2.45, 2.75) is 44.1 Å². The lowest BCUT2D eigenvalue weighted by atomic mass is 9.96. The van der Waals surface area contributed by atoms with Gasteiger partial charge in [-0.3, -0.25) is 0 Å². The van der Waals surface area contributed by atoms with E-state index >= 15 is 0 Å². The van der Waals surface area contributed by atoms with E-state index in [0.717, 1.165) is 24.0 Å². The molecule has 0 aliphatic carbocycles. The molecule has 0 amide bonds. The van der Waals surface area contributed by atoms with E-state index in [9.17, 15) is 8.42 Å². The van der Waals surface area contributed by atoms with Crippen molar-refractivity contribution >= 4 is 15.7 Å². The molecule has 5 nitrogen and oxygen atoms in total. The van der Waals surface area contributed by atoms with Crippen LogP contribution in [-0.4, -0.2) is 38.5 Å². The first-order valence-electron chi connectivity index (χ1n) is 7.12. The molecule has 1 unspecified atom stereocenters. The second kappa shape index (κ2) is 5.59. The summed E-state index contributed by atoms with van der Waals surface area (Å²) >= 11 is 0. The zero-order valence-electron chi connectivity index (χ0n) is 13.1.